The zero-order valence-corrected chi connectivity index (χ0v) is 11.7. The molecule has 6 nitrogen and oxygen atoms in total. The molecule has 1 rings (SSSR count). The number of nitrogens with zero attached hydrogens (tertiary/aromatic N) is 2. The Balaban J connectivity index is 2.73. The van der Waals surface area contributed by atoms with Crippen LogP contribution in [0.4, 0.5) is 5.69 Å². The molecule has 19 heavy (non-hydrogen) atoms. The van der Waals surface area contributed by atoms with Crippen LogP contribution in [0.2, 0.25) is 0 Å². The number of rotatable bonds is 6. The summed E-state index contributed by atoms with van der Waals surface area (Å²) in [7, 11) is 5.21. The summed E-state index contributed by atoms with van der Waals surface area (Å²) >= 11 is 0. The molecule has 1 aromatic carbocycles. The number of methoxy groups -OCH3 is 2. The van der Waals surface area contributed by atoms with Crippen LogP contribution in [0.1, 0.15) is 6.42 Å². The van der Waals surface area contributed by atoms with Gasteiger partial charge in [-0.25, -0.2) is 5.84 Å². The molecule has 0 saturated heterocycles. The first-order valence-electron chi connectivity index (χ1n) is 6.10. The van der Waals surface area contributed by atoms with Crippen molar-refractivity contribution >= 4 is 11.6 Å². The highest BCUT2D eigenvalue weighted by molar-refractivity contribution is 5.95. The van der Waals surface area contributed by atoms with Crippen LogP contribution in [0.5, 0.6) is 5.75 Å². The highest BCUT2D eigenvalue weighted by Gasteiger charge is 2.08. The Morgan fingerprint density at radius 2 is 2.21 bits per heavy atom. The van der Waals surface area contributed by atoms with E-state index in [1.54, 1.807) is 14.2 Å². The number of anilines is 1. The van der Waals surface area contributed by atoms with Crippen LogP contribution in [-0.4, -0.2) is 40.4 Å². The molecule has 0 amide bonds. The molecule has 0 saturated carbocycles. The maximum absolute atomic E-state index is 5.51. The van der Waals surface area contributed by atoms with Crippen molar-refractivity contribution in [1.29, 1.82) is 0 Å². The van der Waals surface area contributed by atoms with Crippen molar-refractivity contribution in [3.05, 3.63) is 24.3 Å². The van der Waals surface area contributed by atoms with E-state index in [9.17, 15) is 0 Å². The Labute approximate surface area is 114 Å². The van der Waals surface area contributed by atoms with Crippen molar-refractivity contribution in [2.24, 2.45) is 10.8 Å². The second-order valence-corrected chi connectivity index (χ2v) is 3.96. The van der Waals surface area contributed by atoms with E-state index in [4.69, 9.17) is 15.3 Å². The van der Waals surface area contributed by atoms with Gasteiger partial charge in [0.2, 0.25) is 5.96 Å². The Hall–Kier alpha value is -1.79. The average molecular weight is 266 g/mol. The van der Waals surface area contributed by atoms with E-state index in [1.807, 2.05) is 36.2 Å². The number of hydrogen-bond donors (Lipinski definition) is 2. The lowest BCUT2D eigenvalue weighted by Gasteiger charge is -2.21. The van der Waals surface area contributed by atoms with Gasteiger partial charge in [0.1, 0.15) is 5.75 Å². The quantitative estimate of drug-likeness (QED) is 0.264. The van der Waals surface area contributed by atoms with Crippen molar-refractivity contribution in [2.75, 3.05) is 39.3 Å². The maximum Gasteiger partial charge on any atom is 0.212 e. The molecule has 0 aromatic heterocycles. The molecule has 0 unspecified atom stereocenters. The molecule has 0 radical (unpaired) electrons. The molecule has 0 atom stereocenters. The molecule has 1 aromatic rings. The summed E-state index contributed by atoms with van der Waals surface area (Å²) in [6.45, 7) is 1.34. The Morgan fingerprint density at radius 1 is 1.42 bits per heavy atom. The predicted octanol–water partition coefficient (Wildman–Crippen LogP) is 0.987. The van der Waals surface area contributed by atoms with Gasteiger partial charge in [-0.3, -0.25) is 10.4 Å². The topological polar surface area (TPSA) is 72.1 Å². The second kappa shape index (κ2) is 8.34. The standard InChI is InChI=1S/C13H22N4O2/c1-17(11-6-4-7-12(10-11)19-3)13(16-14)15-8-5-9-18-2/h4,6-7,10H,5,8-9,14H2,1-3H3,(H,15,16). The van der Waals surface area contributed by atoms with Gasteiger partial charge in [-0.1, -0.05) is 6.07 Å². The average Bonchev–Trinajstić information content (AvgIpc) is 2.47. The van der Waals surface area contributed by atoms with E-state index >= 15 is 0 Å². The number of hydrazine groups is 1. The zero-order valence-electron chi connectivity index (χ0n) is 11.7. The van der Waals surface area contributed by atoms with E-state index < -0.39 is 0 Å². The smallest absolute Gasteiger partial charge is 0.212 e. The lowest BCUT2D eigenvalue weighted by molar-refractivity contribution is 0.197. The molecule has 0 fully saturated rings. The number of hydrogen-bond acceptors (Lipinski definition) is 4. The van der Waals surface area contributed by atoms with Crippen LogP contribution in [0.15, 0.2) is 29.3 Å². The predicted molar refractivity (Wildman–Crippen MR) is 77.5 cm³/mol. The summed E-state index contributed by atoms with van der Waals surface area (Å²) in [5.74, 6) is 6.90. The van der Waals surface area contributed by atoms with Gasteiger partial charge in [0.05, 0.1) is 7.11 Å². The van der Waals surface area contributed by atoms with Gasteiger partial charge in [0, 0.05) is 39.1 Å². The van der Waals surface area contributed by atoms with Crippen molar-refractivity contribution in [3.63, 3.8) is 0 Å². The molecule has 6 heteroatoms. The lowest BCUT2D eigenvalue weighted by atomic mass is 10.3. The third-order valence-corrected chi connectivity index (χ3v) is 2.66. The van der Waals surface area contributed by atoms with Crippen LogP contribution < -0.4 is 20.9 Å². The van der Waals surface area contributed by atoms with E-state index in [0.29, 0.717) is 19.1 Å². The maximum atomic E-state index is 5.51. The van der Waals surface area contributed by atoms with Gasteiger partial charge < -0.3 is 14.4 Å². The first-order valence-corrected chi connectivity index (χ1v) is 6.10. The fourth-order valence-electron chi connectivity index (χ4n) is 1.58. The third kappa shape index (κ3) is 4.76. The fraction of sp³-hybridized carbons (Fsp3) is 0.462. The number of nitrogens with two attached hydrogens (primary N) is 1. The summed E-state index contributed by atoms with van der Waals surface area (Å²) in [6, 6.07) is 7.69. The van der Waals surface area contributed by atoms with E-state index in [0.717, 1.165) is 17.9 Å². The van der Waals surface area contributed by atoms with Crippen molar-refractivity contribution in [2.45, 2.75) is 6.42 Å². The van der Waals surface area contributed by atoms with E-state index in [-0.39, 0.29) is 0 Å². The van der Waals surface area contributed by atoms with Crippen LogP contribution >= 0.6 is 0 Å². The Kier molecular flexibility index (Phi) is 6.70. The first kappa shape index (κ1) is 15.3. The minimum Gasteiger partial charge on any atom is -0.497 e. The Morgan fingerprint density at radius 3 is 2.84 bits per heavy atom. The van der Waals surface area contributed by atoms with Gasteiger partial charge in [-0.05, 0) is 18.6 Å². The van der Waals surface area contributed by atoms with Gasteiger partial charge in [-0.2, -0.15) is 0 Å². The molecule has 106 valence electrons. The molecule has 0 heterocycles. The molecule has 0 bridgehead atoms. The summed E-state index contributed by atoms with van der Waals surface area (Å²) in [5.41, 5.74) is 3.56. The number of benzene rings is 1. The van der Waals surface area contributed by atoms with Crippen molar-refractivity contribution < 1.29 is 9.47 Å². The molecule has 0 spiro atoms. The van der Waals surface area contributed by atoms with Crippen LogP contribution in [0.25, 0.3) is 0 Å². The molecule has 3 N–H and O–H groups in total. The van der Waals surface area contributed by atoms with Gasteiger partial charge >= 0.3 is 0 Å². The molecular weight excluding hydrogens is 244 g/mol. The number of ether oxygens (including phenoxy) is 2. The van der Waals surface area contributed by atoms with Gasteiger partial charge in [-0.15, -0.1) is 0 Å². The third-order valence-electron chi connectivity index (χ3n) is 2.66. The van der Waals surface area contributed by atoms with Crippen molar-refractivity contribution in [1.82, 2.24) is 5.43 Å². The SMILES string of the molecule is COCCCN=C(NN)N(C)c1cccc(OC)c1. The molecular formula is C13H22N4O2. The molecule has 0 aliphatic rings. The molecule has 0 aliphatic heterocycles. The highest BCUT2D eigenvalue weighted by atomic mass is 16.5. The Bertz CT molecular complexity index is 409. The summed E-state index contributed by atoms with van der Waals surface area (Å²) < 4.78 is 10.2. The zero-order chi connectivity index (χ0) is 14.1. The monoisotopic (exact) mass is 266 g/mol. The van der Waals surface area contributed by atoms with Gasteiger partial charge in [0.25, 0.3) is 0 Å². The normalized spacial score (nSPS) is 11.3. The largest absolute Gasteiger partial charge is 0.497 e. The van der Waals surface area contributed by atoms with Gasteiger partial charge in [0.15, 0.2) is 0 Å². The summed E-state index contributed by atoms with van der Waals surface area (Å²) in [5, 5.41) is 0. The minimum atomic E-state index is 0.601. The lowest BCUT2D eigenvalue weighted by Crippen LogP contribution is -2.43. The number of guanidine groups is 1. The first-order chi connectivity index (χ1) is 9.22. The van der Waals surface area contributed by atoms with Crippen LogP contribution in [-0.2, 0) is 4.74 Å². The summed E-state index contributed by atoms with van der Waals surface area (Å²) in [6.07, 6.45) is 0.855. The fourth-order valence-corrected chi connectivity index (χ4v) is 1.58. The van der Waals surface area contributed by atoms with Crippen molar-refractivity contribution in [3.8, 4) is 5.75 Å². The summed E-state index contributed by atoms with van der Waals surface area (Å²) in [4.78, 5) is 6.27. The van der Waals surface area contributed by atoms with E-state index in [2.05, 4.69) is 10.4 Å². The number of aliphatic imine (C=N–C) groups is 1. The van der Waals surface area contributed by atoms with Crippen LogP contribution in [0, 0.1) is 0 Å². The minimum absolute atomic E-state index is 0.601. The van der Waals surface area contributed by atoms with E-state index in [1.165, 1.54) is 0 Å². The van der Waals surface area contributed by atoms with Crippen LogP contribution in [0.3, 0.4) is 0 Å². The highest BCUT2D eigenvalue weighted by Crippen LogP contribution is 2.19. The second-order valence-electron chi connectivity index (χ2n) is 3.96. The number of nitrogens with one attached hydrogen (secondary N) is 1. The molecule has 0 aliphatic carbocycles.